The lowest BCUT2D eigenvalue weighted by Crippen LogP contribution is -2.62. The van der Waals surface area contributed by atoms with Crippen molar-refractivity contribution in [3.63, 3.8) is 0 Å². The van der Waals surface area contributed by atoms with E-state index in [1.807, 2.05) is 0 Å². The maximum Gasteiger partial charge on any atom is 0.306 e. The number of ether oxygens (including phenoxy) is 5. The van der Waals surface area contributed by atoms with Gasteiger partial charge in [0.2, 0.25) is 0 Å². The molecule has 3 heterocycles. The summed E-state index contributed by atoms with van der Waals surface area (Å²) in [5, 5.41) is 28.9. The van der Waals surface area contributed by atoms with Crippen LogP contribution in [0.25, 0.3) is 0 Å². The molecule has 5 rings (SSSR count). The summed E-state index contributed by atoms with van der Waals surface area (Å²) in [6.07, 6.45) is 1.06. The van der Waals surface area contributed by atoms with Gasteiger partial charge in [0, 0.05) is 11.8 Å². The summed E-state index contributed by atoms with van der Waals surface area (Å²) in [6, 6.07) is 0. The lowest BCUT2D eigenvalue weighted by molar-refractivity contribution is -0.346. The van der Waals surface area contributed by atoms with E-state index in [0.717, 1.165) is 12.8 Å². The van der Waals surface area contributed by atoms with E-state index in [1.54, 1.807) is 0 Å². The third kappa shape index (κ3) is 4.28. The minimum Gasteiger partial charge on any atom is -0.481 e. The normalized spacial score (nSPS) is 49.1. The van der Waals surface area contributed by atoms with Gasteiger partial charge in [0.1, 0.15) is 24.4 Å². The number of aliphatic hydroxyl groups is 1. The predicted octanol–water partition coefficient (Wildman–Crippen LogP) is 1.34. The van der Waals surface area contributed by atoms with Gasteiger partial charge in [-0.2, -0.15) is 0 Å². The molecule has 5 aliphatic rings. The molecule has 10 nitrogen and oxygen atoms in total. The molecule has 0 spiro atoms. The highest BCUT2D eigenvalue weighted by molar-refractivity contribution is 5.70. The number of fused-ring (bicyclic) bond motifs is 3. The smallest absolute Gasteiger partial charge is 0.306 e. The second-order valence-electron chi connectivity index (χ2n) is 9.84. The largest absolute Gasteiger partial charge is 0.481 e. The molecule has 7 unspecified atom stereocenters. The van der Waals surface area contributed by atoms with Crippen molar-refractivity contribution in [2.45, 2.75) is 94.7 Å². The summed E-state index contributed by atoms with van der Waals surface area (Å²) in [5.41, 5.74) is 0. The molecule has 3 saturated heterocycles. The van der Waals surface area contributed by atoms with E-state index in [0.29, 0.717) is 38.5 Å². The van der Waals surface area contributed by atoms with E-state index in [2.05, 4.69) is 0 Å². The van der Waals surface area contributed by atoms with Crippen molar-refractivity contribution in [1.82, 2.24) is 0 Å². The fraction of sp³-hybridized carbons (Fsp3) is 0.909. The molecular weight excluding hydrogens is 424 g/mol. The summed E-state index contributed by atoms with van der Waals surface area (Å²) in [7, 11) is 0. The lowest BCUT2D eigenvalue weighted by atomic mass is 9.81. The van der Waals surface area contributed by atoms with Crippen LogP contribution in [0.15, 0.2) is 0 Å². The Kier molecular flexibility index (Phi) is 6.43. The van der Waals surface area contributed by atoms with Gasteiger partial charge in [0.15, 0.2) is 18.9 Å². The fourth-order valence-electron chi connectivity index (χ4n) is 5.97. The summed E-state index contributed by atoms with van der Waals surface area (Å²) in [4.78, 5) is 22.5. The maximum absolute atomic E-state index is 11.2. The Morgan fingerprint density at radius 3 is 1.69 bits per heavy atom. The van der Waals surface area contributed by atoms with Gasteiger partial charge in [-0.1, -0.05) is 0 Å². The highest BCUT2D eigenvalue weighted by atomic mass is 16.8. The van der Waals surface area contributed by atoms with Crippen LogP contribution >= 0.6 is 0 Å². The zero-order chi connectivity index (χ0) is 22.4. The van der Waals surface area contributed by atoms with Gasteiger partial charge in [-0.25, -0.2) is 0 Å². The van der Waals surface area contributed by atoms with Crippen LogP contribution in [0, 0.1) is 23.7 Å². The van der Waals surface area contributed by atoms with Crippen molar-refractivity contribution in [1.29, 1.82) is 0 Å². The quantitative estimate of drug-likeness (QED) is 0.567. The van der Waals surface area contributed by atoms with E-state index in [-0.39, 0.29) is 30.3 Å². The Morgan fingerprint density at radius 1 is 0.625 bits per heavy atom. The van der Waals surface area contributed by atoms with Gasteiger partial charge in [0.25, 0.3) is 0 Å². The molecule has 3 N–H and O–H groups in total. The number of aliphatic carboxylic acids is 2. The van der Waals surface area contributed by atoms with Crippen LogP contribution in [0.2, 0.25) is 0 Å². The summed E-state index contributed by atoms with van der Waals surface area (Å²) in [5.74, 6) is -1.93. The third-order valence-electron chi connectivity index (χ3n) is 7.92. The average Bonchev–Trinajstić information content (AvgIpc) is 3.26. The van der Waals surface area contributed by atoms with Crippen LogP contribution in [0.3, 0.4) is 0 Å². The number of carboxylic acid groups (broad SMARTS) is 2. The van der Waals surface area contributed by atoms with E-state index in [4.69, 9.17) is 23.7 Å². The zero-order valence-electron chi connectivity index (χ0n) is 17.9. The van der Waals surface area contributed by atoms with Crippen LogP contribution in [0.5, 0.6) is 0 Å². The van der Waals surface area contributed by atoms with Crippen molar-refractivity contribution >= 4 is 11.9 Å². The molecule has 5 fully saturated rings. The summed E-state index contributed by atoms with van der Waals surface area (Å²) >= 11 is 0. The Balaban J connectivity index is 1.21. The third-order valence-corrected chi connectivity index (χ3v) is 7.92. The van der Waals surface area contributed by atoms with Crippen molar-refractivity contribution < 1.29 is 48.6 Å². The minimum absolute atomic E-state index is 0.0729. The fourth-order valence-corrected chi connectivity index (χ4v) is 5.97. The maximum atomic E-state index is 11.2. The summed E-state index contributed by atoms with van der Waals surface area (Å²) in [6.45, 7) is 0.270. The van der Waals surface area contributed by atoms with Crippen LogP contribution in [-0.4, -0.2) is 77.2 Å². The highest BCUT2D eigenvalue weighted by Crippen LogP contribution is 2.43. The molecule has 2 aliphatic carbocycles. The van der Waals surface area contributed by atoms with Crippen LogP contribution < -0.4 is 0 Å². The van der Waals surface area contributed by atoms with Crippen molar-refractivity contribution in [2.24, 2.45) is 23.7 Å². The highest BCUT2D eigenvalue weighted by Gasteiger charge is 2.57. The number of carboxylic acids is 2. The topological polar surface area (TPSA) is 141 Å². The molecule has 0 bridgehead atoms. The molecular formula is C22H32O10. The van der Waals surface area contributed by atoms with Gasteiger partial charge >= 0.3 is 11.9 Å². The molecule has 0 aromatic heterocycles. The number of rotatable bonds is 4. The van der Waals surface area contributed by atoms with Crippen LogP contribution in [0.4, 0.5) is 0 Å². The average molecular weight is 456 g/mol. The molecule has 0 radical (unpaired) electrons. The second kappa shape index (κ2) is 9.15. The molecule has 180 valence electrons. The Morgan fingerprint density at radius 2 is 1.12 bits per heavy atom. The monoisotopic (exact) mass is 456 g/mol. The van der Waals surface area contributed by atoms with Gasteiger partial charge < -0.3 is 39.0 Å². The van der Waals surface area contributed by atoms with Gasteiger partial charge in [-0.3, -0.25) is 9.59 Å². The first kappa shape index (κ1) is 22.5. The minimum atomic E-state index is -1.14. The van der Waals surface area contributed by atoms with E-state index in [9.17, 15) is 24.9 Å². The molecule has 0 aromatic carbocycles. The van der Waals surface area contributed by atoms with Crippen molar-refractivity contribution in [3.05, 3.63) is 0 Å². The van der Waals surface area contributed by atoms with Gasteiger partial charge in [-0.15, -0.1) is 0 Å². The first-order chi connectivity index (χ1) is 15.4. The Hall–Kier alpha value is -1.30. The molecule has 7 atom stereocenters. The van der Waals surface area contributed by atoms with Crippen molar-refractivity contribution in [3.8, 4) is 0 Å². The molecule has 10 heteroatoms. The second-order valence-corrected chi connectivity index (χ2v) is 9.84. The molecule has 32 heavy (non-hydrogen) atoms. The summed E-state index contributed by atoms with van der Waals surface area (Å²) < 4.78 is 30.2. The zero-order valence-corrected chi connectivity index (χ0v) is 17.9. The first-order valence-corrected chi connectivity index (χ1v) is 11.8. The molecule has 0 amide bonds. The predicted molar refractivity (Wildman–Crippen MR) is 105 cm³/mol. The van der Waals surface area contributed by atoms with E-state index in [1.165, 1.54) is 0 Å². The number of aliphatic hydroxyl groups excluding tert-OH is 1. The van der Waals surface area contributed by atoms with E-state index < -0.39 is 55.2 Å². The standard InChI is InChI=1S/C22H32O10/c23-18(24)10-1-5-12(6-2-10)21-28-9-14-15(30-21)16-17(20(27)29-14)32-22(31-16)13-7-3-11(4-8-13)19(25)26/h10-17,20-22,27H,1-9H2,(H,23,24)(H,25,26). The van der Waals surface area contributed by atoms with Crippen LogP contribution in [-0.2, 0) is 33.3 Å². The van der Waals surface area contributed by atoms with Crippen molar-refractivity contribution in [2.75, 3.05) is 6.61 Å². The molecule has 3 aliphatic heterocycles. The van der Waals surface area contributed by atoms with Gasteiger partial charge in [-0.05, 0) is 51.4 Å². The Labute approximate surface area is 186 Å². The number of carbonyl (C=O) groups is 2. The number of hydrogen-bond donors (Lipinski definition) is 3. The lowest BCUT2D eigenvalue weighted by Gasteiger charge is -2.46. The first-order valence-electron chi connectivity index (χ1n) is 11.8. The molecule has 0 aromatic rings. The Bertz CT molecular complexity index is 699. The van der Waals surface area contributed by atoms with Gasteiger partial charge in [0.05, 0.1) is 18.4 Å². The SMILES string of the molecule is O=C(O)C1CCC(C2OCC3OC(O)C4OC(C5CCC(C(=O)O)CC5)OC4C3O2)CC1. The number of hydrogen-bond acceptors (Lipinski definition) is 8. The van der Waals surface area contributed by atoms with Crippen LogP contribution in [0.1, 0.15) is 51.4 Å². The molecule has 2 saturated carbocycles. The van der Waals surface area contributed by atoms with E-state index >= 15 is 0 Å².